The lowest BCUT2D eigenvalue weighted by atomic mass is 9.68. The van der Waals surface area contributed by atoms with Gasteiger partial charge in [0, 0.05) is 49.4 Å². The van der Waals surface area contributed by atoms with Gasteiger partial charge in [0.05, 0.1) is 5.69 Å². The maximum absolute atomic E-state index is 13.0. The van der Waals surface area contributed by atoms with Crippen LogP contribution in [0.15, 0.2) is 36.4 Å². The van der Waals surface area contributed by atoms with E-state index < -0.39 is 0 Å². The summed E-state index contributed by atoms with van der Waals surface area (Å²) in [7, 11) is 1.90. The van der Waals surface area contributed by atoms with Crippen LogP contribution in [0, 0.1) is 10.8 Å². The predicted molar refractivity (Wildman–Crippen MR) is 144 cm³/mol. The Morgan fingerprint density at radius 2 is 1.77 bits per heavy atom. The van der Waals surface area contributed by atoms with Crippen LogP contribution in [0.1, 0.15) is 82.8 Å². The average molecular weight is 480 g/mol. The molecule has 2 atom stereocenters. The van der Waals surface area contributed by atoms with E-state index >= 15 is 0 Å². The van der Waals surface area contributed by atoms with Gasteiger partial charge in [-0.15, -0.1) is 0 Å². The summed E-state index contributed by atoms with van der Waals surface area (Å²) in [6.07, 6.45) is 2.88. The highest BCUT2D eigenvalue weighted by Gasteiger charge is 2.38. The number of rotatable bonds is 7. The Morgan fingerprint density at radius 1 is 1.09 bits per heavy atom. The number of nitrogens with one attached hydrogen (secondary N) is 4. The highest BCUT2D eigenvalue weighted by Crippen LogP contribution is 2.43. The number of nitrogens with zero attached hydrogens (tertiary/aromatic N) is 1. The second-order valence-electron chi connectivity index (χ2n) is 11.5. The Hall–Kier alpha value is -3.09. The van der Waals surface area contributed by atoms with Gasteiger partial charge in [-0.3, -0.25) is 9.59 Å². The van der Waals surface area contributed by atoms with E-state index in [-0.39, 0.29) is 34.6 Å². The molecule has 0 bridgehead atoms. The zero-order chi connectivity index (χ0) is 25.8. The first-order valence-electron chi connectivity index (χ1n) is 12.5. The minimum atomic E-state index is -0.134. The Balaban J connectivity index is 1.72. The van der Waals surface area contributed by atoms with Gasteiger partial charge in [0.25, 0.3) is 5.91 Å². The molecule has 1 fully saturated rings. The van der Waals surface area contributed by atoms with Crippen LogP contribution in [-0.4, -0.2) is 36.4 Å². The number of benzene rings is 1. The molecule has 4 N–H and O–H groups in total. The number of hydrogen-bond acceptors (Lipinski definition) is 5. The maximum Gasteiger partial charge on any atom is 0.251 e. The first-order valence-corrected chi connectivity index (χ1v) is 12.5. The van der Waals surface area contributed by atoms with Crippen LogP contribution in [0.25, 0.3) is 0 Å². The first kappa shape index (κ1) is 26.5. The van der Waals surface area contributed by atoms with Crippen LogP contribution in [0.5, 0.6) is 0 Å². The second-order valence-corrected chi connectivity index (χ2v) is 11.5. The highest BCUT2D eigenvalue weighted by molar-refractivity contribution is 5.95. The molecule has 2 amide bonds. The molecule has 7 heteroatoms. The molecule has 1 saturated carbocycles. The van der Waals surface area contributed by atoms with Crippen molar-refractivity contribution in [2.75, 3.05) is 29.5 Å². The van der Waals surface area contributed by atoms with Crippen molar-refractivity contribution in [1.29, 1.82) is 0 Å². The molecule has 1 aromatic heterocycles. The van der Waals surface area contributed by atoms with E-state index in [0.29, 0.717) is 11.3 Å². The molecule has 1 heterocycles. The molecule has 7 nitrogen and oxygen atoms in total. The van der Waals surface area contributed by atoms with Gasteiger partial charge in [-0.05, 0) is 66.5 Å². The average Bonchev–Trinajstić information content (AvgIpc) is 2.78. The number of hydrogen-bond donors (Lipinski definition) is 4. The fourth-order valence-corrected chi connectivity index (χ4v) is 4.51. The van der Waals surface area contributed by atoms with Gasteiger partial charge in [0.1, 0.15) is 5.82 Å². The smallest absolute Gasteiger partial charge is 0.251 e. The van der Waals surface area contributed by atoms with Crippen molar-refractivity contribution in [3.8, 4) is 0 Å². The zero-order valence-corrected chi connectivity index (χ0v) is 22.2. The normalized spacial score (nSPS) is 19.5. The molecular weight excluding hydrogens is 438 g/mol. The standard InChI is InChI=1S/C28H41N5O2/c1-18(34)31-21-10-8-19(9-11-21)26(35)33-24-16-20(14-15-28(24,5)6)22-12-13-23(25(29-7)32-22)30-17-27(2,3)4/h8-13,20,24,30H,14-17H2,1-7H3,(H,29,32)(H,31,34)(H,33,35). The molecule has 0 radical (unpaired) electrons. The fraction of sp³-hybridized carbons (Fsp3) is 0.536. The first-order chi connectivity index (χ1) is 16.4. The van der Waals surface area contributed by atoms with Crippen molar-refractivity contribution in [3.05, 3.63) is 47.7 Å². The number of carbonyl (C=O) groups is 2. The summed E-state index contributed by atoms with van der Waals surface area (Å²) < 4.78 is 0. The number of amides is 2. The molecule has 1 aromatic carbocycles. The topological polar surface area (TPSA) is 95.2 Å². The Morgan fingerprint density at radius 3 is 2.37 bits per heavy atom. The SMILES string of the molecule is CNc1nc(C2CCC(C)(C)C(NC(=O)c3ccc(NC(C)=O)cc3)C2)ccc1NCC(C)(C)C. The quantitative estimate of drug-likeness (QED) is 0.413. The highest BCUT2D eigenvalue weighted by atomic mass is 16.2. The van der Waals surface area contributed by atoms with Gasteiger partial charge in [-0.25, -0.2) is 4.98 Å². The molecule has 1 aliphatic rings. The van der Waals surface area contributed by atoms with Crippen molar-refractivity contribution in [2.45, 2.75) is 72.8 Å². The molecule has 0 aliphatic heterocycles. The maximum atomic E-state index is 13.0. The summed E-state index contributed by atoms with van der Waals surface area (Å²) >= 11 is 0. The van der Waals surface area contributed by atoms with E-state index in [9.17, 15) is 9.59 Å². The largest absolute Gasteiger partial charge is 0.382 e. The third-order valence-corrected chi connectivity index (χ3v) is 6.75. The molecule has 190 valence electrons. The summed E-state index contributed by atoms with van der Waals surface area (Å²) in [5.41, 5.74) is 3.50. The number of aromatic nitrogens is 1. The van der Waals surface area contributed by atoms with Crippen molar-refractivity contribution in [2.24, 2.45) is 10.8 Å². The van der Waals surface area contributed by atoms with E-state index in [2.05, 4.69) is 68.0 Å². The monoisotopic (exact) mass is 479 g/mol. The van der Waals surface area contributed by atoms with Gasteiger partial charge < -0.3 is 21.3 Å². The third kappa shape index (κ3) is 7.20. The Bertz CT molecular complexity index is 1040. The summed E-state index contributed by atoms with van der Waals surface area (Å²) in [5, 5.41) is 12.8. The van der Waals surface area contributed by atoms with E-state index in [1.807, 2.05) is 7.05 Å². The van der Waals surface area contributed by atoms with Crippen molar-refractivity contribution in [3.63, 3.8) is 0 Å². The lowest BCUT2D eigenvalue weighted by Crippen LogP contribution is -2.48. The molecule has 35 heavy (non-hydrogen) atoms. The molecule has 2 unspecified atom stereocenters. The van der Waals surface area contributed by atoms with Crippen LogP contribution >= 0.6 is 0 Å². The van der Waals surface area contributed by atoms with Gasteiger partial charge >= 0.3 is 0 Å². The van der Waals surface area contributed by atoms with E-state index in [1.54, 1.807) is 24.3 Å². The lowest BCUT2D eigenvalue weighted by molar-refractivity contribution is -0.114. The van der Waals surface area contributed by atoms with Crippen LogP contribution in [0.2, 0.25) is 0 Å². The molecule has 0 saturated heterocycles. The van der Waals surface area contributed by atoms with Gasteiger partial charge in [0.2, 0.25) is 5.91 Å². The number of pyridine rings is 1. The predicted octanol–water partition coefficient (Wildman–Crippen LogP) is 5.63. The zero-order valence-electron chi connectivity index (χ0n) is 22.2. The molecular formula is C28H41N5O2. The van der Waals surface area contributed by atoms with Crippen molar-refractivity contribution >= 4 is 29.0 Å². The summed E-state index contributed by atoms with van der Waals surface area (Å²) in [5.74, 6) is 0.907. The molecule has 2 aromatic rings. The van der Waals surface area contributed by atoms with Crippen LogP contribution in [0.4, 0.5) is 17.2 Å². The van der Waals surface area contributed by atoms with Gasteiger partial charge in [-0.1, -0.05) is 34.6 Å². The number of carbonyl (C=O) groups excluding carboxylic acids is 2. The van der Waals surface area contributed by atoms with Crippen molar-refractivity contribution in [1.82, 2.24) is 10.3 Å². The summed E-state index contributed by atoms with van der Waals surface area (Å²) in [6, 6.07) is 11.3. The van der Waals surface area contributed by atoms with Gasteiger partial charge in [0.15, 0.2) is 0 Å². The minimum absolute atomic E-state index is 0.0116. The van der Waals surface area contributed by atoms with Crippen molar-refractivity contribution < 1.29 is 9.59 Å². The minimum Gasteiger partial charge on any atom is -0.382 e. The lowest BCUT2D eigenvalue weighted by Gasteiger charge is -2.42. The Labute approximate surface area is 209 Å². The van der Waals surface area contributed by atoms with E-state index in [0.717, 1.165) is 43.0 Å². The molecule has 3 rings (SSSR count). The van der Waals surface area contributed by atoms with E-state index in [4.69, 9.17) is 4.98 Å². The fourth-order valence-electron chi connectivity index (χ4n) is 4.51. The summed E-state index contributed by atoms with van der Waals surface area (Å²) in [4.78, 5) is 29.2. The van der Waals surface area contributed by atoms with E-state index in [1.165, 1.54) is 6.92 Å². The van der Waals surface area contributed by atoms with Crippen LogP contribution in [0.3, 0.4) is 0 Å². The van der Waals surface area contributed by atoms with Gasteiger partial charge in [-0.2, -0.15) is 0 Å². The van der Waals surface area contributed by atoms with Crippen LogP contribution in [-0.2, 0) is 4.79 Å². The third-order valence-electron chi connectivity index (χ3n) is 6.75. The second kappa shape index (κ2) is 10.7. The number of anilines is 3. The molecule has 0 spiro atoms. The van der Waals surface area contributed by atoms with Crippen LogP contribution < -0.4 is 21.3 Å². The molecule has 1 aliphatic carbocycles. The summed E-state index contributed by atoms with van der Waals surface area (Å²) in [6.45, 7) is 13.4. The Kier molecular flexibility index (Phi) is 8.08.